The van der Waals surface area contributed by atoms with Crippen molar-refractivity contribution in [3.05, 3.63) is 145 Å². The Morgan fingerprint density at radius 3 is 1.39 bits per heavy atom. The van der Waals surface area contributed by atoms with Crippen LogP contribution >= 0.6 is 0 Å². The first-order valence-corrected chi connectivity index (χ1v) is 13.3. The van der Waals surface area contributed by atoms with Crippen molar-refractivity contribution in [2.75, 3.05) is 0 Å². The number of fused-ring (bicyclic) bond motifs is 6. The van der Waals surface area contributed by atoms with Gasteiger partial charge in [0.05, 0.1) is 0 Å². The molecule has 0 spiro atoms. The van der Waals surface area contributed by atoms with Gasteiger partial charge in [0.25, 0.3) is 0 Å². The van der Waals surface area contributed by atoms with Crippen LogP contribution in [0.5, 0.6) is 0 Å². The molecule has 0 heterocycles. The third-order valence-corrected chi connectivity index (χ3v) is 7.94. The molecule has 0 radical (unpaired) electrons. The zero-order valence-electron chi connectivity index (χ0n) is 21.7. The third kappa shape index (κ3) is 3.69. The van der Waals surface area contributed by atoms with Crippen molar-refractivity contribution in [3.8, 4) is 33.4 Å². The molecule has 0 N–H and O–H groups in total. The Hall–Kier alpha value is -4.68. The lowest BCUT2D eigenvalue weighted by Crippen LogP contribution is -1.89. The van der Waals surface area contributed by atoms with Crippen LogP contribution in [0.25, 0.3) is 65.7 Å². The molecule has 0 aromatic heterocycles. The van der Waals surface area contributed by atoms with Crippen LogP contribution < -0.4 is 0 Å². The van der Waals surface area contributed by atoms with E-state index in [0.29, 0.717) is 0 Å². The topological polar surface area (TPSA) is 0 Å². The highest BCUT2D eigenvalue weighted by Crippen LogP contribution is 2.38. The minimum Gasteiger partial charge on any atom is -0.0620 e. The van der Waals surface area contributed by atoms with E-state index in [0.717, 1.165) is 0 Å². The minimum absolute atomic E-state index is 1.24. The highest BCUT2D eigenvalue weighted by molar-refractivity contribution is 6.25. The van der Waals surface area contributed by atoms with Gasteiger partial charge in [-0.2, -0.15) is 0 Å². The summed E-state index contributed by atoms with van der Waals surface area (Å²) in [6.07, 6.45) is 0. The molecule has 38 heavy (non-hydrogen) atoms. The lowest BCUT2D eigenvalue weighted by atomic mass is 9.90. The molecule has 0 aliphatic carbocycles. The summed E-state index contributed by atoms with van der Waals surface area (Å²) in [5.74, 6) is 0. The van der Waals surface area contributed by atoms with Crippen LogP contribution in [-0.2, 0) is 0 Å². The van der Waals surface area contributed by atoms with Crippen molar-refractivity contribution >= 4 is 32.3 Å². The Balaban J connectivity index is 1.34. The summed E-state index contributed by atoms with van der Waals surface area (Å²) in [4.78, 5) is 0. The van der Waals surface area contributed by atoms with Gasteiger partial charge in [-0.05, 0) is 103 Å². The fourth-order valence-corrected chi connectivity index (χ4v) is 5.99. The van der Waals surface area contributed by atoms with Crippen molar-refractivity contribution in [3.63, 3.8) is 0 Å². The molecule has 0 atom stereocenters. The highest BCUT2D eigenvalue weighted by atomic mass is 14.1. The molecule has 0 bridgehead atoms. The summed E-state index contributed by atoms with van der Waals surface area (Å²) < 4.78 is 0. The molecule has 0 saturated carbocycles. The van der Waals surface area contributed by atoms with E-state index in [1.165, 1.54) is 76.8 Å². The normalized spacial score (nSPS) is 11.4. The van der Waals surface area contributed by atoms with Crippen LogP contribution in [0.2, 0.25) is 0 Å². The molecule has 7 aromatic rings. The molecule has 180 valence electrons. The predicted octanol–water partition coefficient (Wildman–Crippen LogP) is 10.8. The molecule has 7 rings (SSSR count). The first-order chi connectivity index (χ1) is 18.7. The third-order valence-electron chi connectivity index (χ3n) is 7.94. The van der Waals surface area contributed by atoms with Crippen LogP contribution in [0.4, 0.5) is 0 Å². The standard InChI is InChI=1S/C38H28/c1-25-10-3-4-13-31(25)32-20-18-29(22-26(32)2)27-11-9-12-28(23-27)30-19-21-37-35-16-6-5-14-33(35)34-15-7-8-17-36(34)38(37)24-30/h3-24H,1-2H3. The molecule has 0 heteroatoms. The predicted molar refractivity (Wildman–Crippen MR) is 165 cm³/mol. The maximum Gasteiger partial charge on any atom is -0.00928 e. The van der Waals surface area contributed by atoms with E-state index in [9.17, 15) is 0 Å². The molecule has 0 saturated heterocycles. The summed E-state index contributed by atoms with van der Waals surface area (Å²) in [5.41, 5.74) is 10.2. The quantitative estimate of drug-likeness (QED) is 0.219. The Labute approximate surface area is 223 Å². The minimum atomic E-state index is 1.24. The molecule has 0 unspecified atom stereocenters. The van der Waals surface area contributed by atoms with Crippen molar-refractivity contribution in [2.24, 2.45) is 0 Å². The molecule has 0 amide bonds. The Morgan fingerprint density at radius 2 is 0.763 bits per heavy atom. The molecule has 0 nitrogen and oxygen atoms in total. The van der Waals surface area contributed by atoms with Crippen molar-refractivity contribution in [1.29, 1.82) is 0 Å². The monoisotopic (exact) mass is 484 g/mol. The van der Waals surface area contributed by atoms with Gasteiger partial charge in [-0.1, -0.05) is 121 Å². The summed E-state index contributed by atoms with van der Waals surface area (Å²) in [5, 5.41) is 7.86. The van der Waals surface area contributed by atoms with E-state index in [2.05, 4.69) is 147 Å². The number of rotatable bonds is 3. The number of hydrogen-bond donors (Lipinski definition) is 0. The van der Waals surface area contributed by atoms with E-state index in [1.54, 1.807) is 0 Å². The van der Waals surface area contributed by atoms with Crippen LogP contribution in [-0.4, -0.2) is 0 Å². The molecule has 0 aliphatic rings. The van der Waals surface area contributed by atoms with Crippen LogP contribution in [0.15, 0.2) is 133 Å². The largest absolute Gasteiger partial charge is 0.0620 e. The summed E-state index contributed by atoms with van der Waals surface area (Å²) in [6, 6.07) is 48.9. The van der Waals surface area contributed by atoms with E-state index >= 15 is 0 Å². The second-order valence-electron chi connectivity index (χ2n) is 10.3. The van der Waals surface area contributed by atoms with E-state index in [4.69, 9.17) is 0 Å². The van der Waals surface area contributed by atoms with E-state index in [-0.39, 0.29) is 0 Å². The summed E-state index contributed by atoms with van der Waals surface area (Å²) in [6.45, 7) is 4.40. The average molecular weight is 485 g/mol. The second-order valence-corrected chi connectivity index (χ2v) is 10.3. The van der Waals surface area contributed by atoms with Gasteiger partial charge >= 0.3 is 0 Å². The number of aryl methyl sites for hydroxylation is 2. The Morgan fingerprint density at radius 1 is 0.289 bits per heavy atom. The second kappa shape index (κ2) is 9.01. The summed E-state index contributed by atoms with van der Waals surface area (Å²) >= 11 is 0. The first kappa shape index (κ1) is 22.5. The SMILES string of the molecule is Cc1ccccc1-c1ccc(-c2cccc(-c3ccc4c5ccccc5c5ccccc5c4c3)c2)cc1C. The Kier molecular flexibility index (Phi) is 5.34. The fourth-order valence-electron chi connectivity index (χ4n) is 5.99. The van der Waals surface area contributed by atoms with Crippen LogP contribution in [0.3, 0.4) is 0 Å². The molecule has 0 fully saturated rings. The van der Waals surface area contributed by atoms with Crippen molar-refractivity contribution in [1.82, 2.24) is 0 Å². The molecule has 7 aromatic carbocycles. The molecule has 0 aliphatic heterocycles. The van der Waals surface area contributed by atoms with Gasteiger partial charge in [-0.25, -0.2) is 0 Å². The van der Waals surface area contributed by atoms with Gasteiger partial charge in [0.2, 0.25) is 0 Å². The Bertz CT molecular complexity index is 1960. The van der Waals surface area contributed by atoms with Gasteiger partial charge in [0.15, 0.2) is 0 Å². The smallest absolute Gasteiger partial charge is 0.00928 e. The maximum absolute atomic E-state index is 2.37. The van der Waals surface area contributed by atoms with Crippen molar-refractivity contribution < 1.29 is 0 Å². The molecular formula is C38H28. The average Bonchev–Trinajstić information content (AvgIpc) is 2.97. The van der Waals surface area contributed by atoms with Crippen LogP contribution in [0, 0.1) is 13.8 Å². The van der Waals surface area contributed by atoms with E-state index in [1.807, 2.05) is 0 Å². The van der Waals surface area contributed by atoms with E-state index < -0.39 is 0 Å². The first-order valence-electron chi connectivity index (χ1n) is 13.3. The number of hydrogen-bond acceptors (Lipinski definition) is 0. The summed E-state index contributed by atoms with van der Waals surface area (Å²) in [7, 11) is 0. The van der Waals surface area contributed by atoms with Gasteiger partial charge in [0.1, 0.15) is 0 Å². The zero-order chi connectivity index (χ0) is 25.6. The van der Waals surface area contributed by atoms with Gasteiger partial charge in [0, 0.05) is 0 Å². The lowest BCUT2D eigenvalue weighted by Gasteiger charge is -2.13. The van der Waals surface area contributed by atoms with Crippen LogP contribution in [0.1, 0.15) is 11.1 Å². The van der Waals surface area contributed by atoms with Gasteiger partial charge in [-0.15, -0.1) is 0 Å². The maximum atomic E-state index is 2.37. The van der Waals surface area contributed by atoms with Gasteiger partial charge in [-0.3, -0.25) is 0 Å². The fraction of sp³-hybridized carbons (Fsp3) is 0.0526. The lowest BCUT2D eigenvalue weighted by molar-refractivity contribution is 1.41. The van der Waals surface area contributed by atoms with Gasteiger partial charge < -0.3 is 0 Å². The highest BCUT2D eigenvalue weighted by Gasteiger charge is 2.11. The number of benzene rings is 7. The van der Waals surface area contributed by atoms with Crippen molar-refractivity contribution in [2.45, 2.75) is 13.8 Å². The zero-order valence-corrected chi connectivity index (χ0v) is 21.7. The molecular weight excluding hydrogens is 456 g/mol.